The van der Waals surface area contributed by atoms with Crippen molar-refractivity contribution in [3.05, 3.63) is 23.1 Å². The molecule has 2 heterocycles. The van der Waals surface area contributed by atoms with Crippen molar-refractivity contribution in [2.75, 3.05) is 0 Å². The van der Waals surface area contributed by atoms with Crippen LogP contribution in [0.2, 0.25) is 5.28 Å². The van der Waals surface area contributed by atoms with E-state index in [4.69, 9.17) is 17.3 Å². The van der Waals surface area contributed by atoms with Crippen LogP contribution in [0.4, 0.5) is 0 Å². The van der Waals surface area contributed by atoms with Crippen molar-refractivity contribution in [2.24, 2.45) is 5.73 Å². The van der Waals surface area contributed by atoms with E-state index in [9.17, 15) is 0 Å². The van der Waals surface area contributed by atoms with Gasteiger partial charge in [0.1, 0.15) is 5.52 Å². The van der Waals surface area contributed by atoms with Crippen molar-refractivity contribution < 1.29 is 0 Å². The second-order valence-corrected chi connectivity index (χ2v) is 4.17. The Kier molecular flexibility index (Phi) is 1.94. The number of pyridine rings is 1. The molecule has 2 aromatic heterocycles. The van der Waals surface area contributed by atoms with E-state index in [1.165, 1.54) is 12.8 Å². The van der Waals surface area contributed by atoms with Gasteiger partial charge in [-0.05, 0) is 36.6 Å². The van der Waals surface area contributed by atoms with Gasteiger partial charge in [-0.1, -0.05) is 0 Å². The first-order valence-corrected chi connectivity index (χ1v) is 5.41. The predicted molar refractivity (Wildman–Crippen MR) is 58.7 cm³/mol. The van der Waals surface area contributed by atoms with Gasteiger partial charge in [-0.15, -0.1) is 0 Å². The number of nitrogens with zero attached hydrogens (tertiary/aromatic N) is 3. The summed E-state index contributed by atoms with van der Waals surface area (Å²) in [5.74, 6) is 0. The quantitative estimate of drug-likeness (QED) is 0.844. The first kappa shape index (κ1) is 9.12. The molecular formula is C10H11ClN4. The van der Waals surface area contributed by atoms with Crippen molar-refractivity contribution in [1.82, 2.24) is 14.5 Å². The minimum absolute atomic E-state index is 0.448. The van der Waals surface area contributed by atoms with Gasteiger partial charge in [-0.3, -0.25) is 4.57 Å². The van der Waals surface area contributed by atoms with Crippen LogP contribution in [-0.4, -0.2) is 14.5 Å². The van der Waals surface area contributed by atoms with Crippen LogP contribution in [0.3, 0.4) is 0 Å². The van der Waals surface area contributed by atoms with Gasteiger partial charge in [0, 0.05) is 12.6 Å². The Bertz CT molecular complexity index is 515. The molecule has 1 fully saturated rings. The zero-order chi connectivity index (χ0) is 10.4. The maximum Gasteiger partial charge on any atom is 0.205 e. The van der Waals surface area contributed by atoms with Gasteiger partial charge in [-0.25, -0.2) is 9.97 Å². The van der Waals surface area contributed by atoms with Crippen LogP contribution in [0.15, 0.2) is 12.1 Å². The molecule has 3 rings (SSSR count). The molecule has 0 saturated heterocycles. The fourth-order valence-corrected chi connectivity index (χ4v) is 2.06. The molecule has 0 spiro atoms. The molecule has 15 heavy (non-hydrogen) atoms. The number of nitrogens with two attached hydrogens (primary N) is 1. The summed E-state index contributed by atoms with van der Waals surface area (Å²) in [4.78, 5) is 8.74. The summed E-state index contributed by atoms with van der Waals surface area (Å²) >= 11 is 6.08. The smallest absolute Gasteiger partial charge is 0.205 e. The standard InChI is InChI=1S/C10H11ClN4/c11-10-14-8-4-1-6(5-12)13-9(8)15(10)7-2-3-7/h1,4,7H,2-3,5,12H2. The lowest BCUT2D eigenvalue weighted by molar-refractivity contribution is 0.755. The summed E-state index contributed by atoms with van der Waals surface area (Å²) in [6, 6.07) is 4.31. The second kappa shape index (κ2) is 3.18. The van der Waals surface area contributed by atoms with Crippen LogP contribution in [0.1, 0.15) is 24.6 Å². The lowest BCUT2D eigenvalue weighted by Gasteiger charge is -2.02. The van der Waals surface area contributed by atoms with Gasteiger partial charge in [0.2, 0.25) is 5.28 Å². The summed E-state index contributed by atoms with van der Waals surface area (Å²) in [5.41, 5.74) is 8.16. The fourth-order valence-electron chi connectivity index (χ4n) is 1.76. The molecule has 1 saturated carbocycles. The van der Waals surface area contributed by atoms with Crippen LogP contribution in [0, 0.1) is 0 Å². The van der Waals surface area contributed by atoms with Crippen LogP contribution < -0.4 is 5.73 Å². The third kappa shape index (κ3) is 1.41. The van der Waals surface area contributed by atoms with Crippen molar-refractivity contribution in [3.63, 3.8) is 0 Å². The number of rotatable bonds is 2. The van der Waals surface area contributed by atoms with Gasteiger partial charge in [0.25, 0.3) is 0 Å². The first-order chi connectivity index (χ1) is 7.29. The van der Waals surface area contributed by atoms with Crippen LogP contribution >= 0.6 is 11.6 Å². The average molecular weight is 223 g/mol. The van der Waals surface area contributed by atoms with Crippen molar-refractivity contribution in [3.8, 4) is 0 Å². The van der Waals surface area contributed by atoms with Gasteiger partial charge in [0.15, 0.2) is 5.65 Å². The zero-order valence-corrected chi connectivity index (χ0v) is 8.91. The third-order valence-electron chi connectivity index (χ3n) is 2.67. The lowest BCUT2D eigenvalue weighted by atomic mass is 10.3. The molecule has 0 bridgehead atoms. The Hall–Kier alpha value is -1.13. The normalized spacial score (nSPS) is 16.1. The molecule has 78 valence electrons. The minimum Gasteiger partial charge on any atom is -0.325 e. The molecule has 2 N–H and O–H groups in total. The molecular weight excluding hydrogens is 212 g/mol. The minimum atomic E-state index is 0.448. The fraction of sp³-hybridized carbons (Fsp3) is 0.400. The van der Waals surface area contributed by atoms with E-state index >= 15 is 0 Å². The van der Waals surface area contributed by atoms with Crippen LogP contribution in [0.25, 0.3) is 11.2 Å². The SMILES string of the molecule is NCc1ccc2nc(Cl)n(C3CC3)c2n1. The highest BCUT2D eigenvalue weighted by atomic mass is 35.5. The van der Waals surface area contributed by atoms with Crippen LogP contribution in [0.5, 0.6) is 0 Å². The number of hydrogen-bond acceptors (Lipinski definition) is 3. The van der Waals surface area contributed by atoms with E-state index < -0.39 is 0 Å². The highest BCUT2D eigenvalue weighted by molar-refractivity contribution is 6.29. The van der Waals surface area contributed by atoms with E-state index in [1.54, 1.807) is 0 Å². The van der Waals surface area contributed by atoms with E-state index in [0.717, 1.165) is 16.9 Å². The monoisotopic (exact) mass is 222 g/mol. The Morgan fingerprint density at radius 3 is 2.87 bits per heavy atom. The number of hydrogen-bond donors (Lipinski definition) is 1. The van der Waals surface area contributed by atoms with E-state index in [-0.39, 0.29) is 0 Å². The van der Waals surface area contributed by atoms with Crippen molar-refractivity contribution >= 4 is 22.8 Å². The van der Waals surface area contributed by atoms with Gasteiger partial charge >= 0.3 is 0 Å². The molecule has 0 atom stereocenters. The van der Waals surface area contributed by atoms with Gasteiger partial charge < -0.3 is 5.73 Å². The molecule has 1 aliphatic carbocycles. The highest BCUT2D eigenvalue weighted by Gasteiger charge is 2.28. The number of fused-ring (bicyclic) bond motifs is 1. The lowest BCUT2D eigenvalue weighted by Crippen LogP contribution is -2.01. The Labute approximate surface area is 92.1 Å². The summed E-state index contributed by atoms with van der Waals surface area (Å²) in [7, 11) is 0. The number of imidazole rings is 1. The largest absolute Gasteiger partial charge is 0.325 e. The summed E-state index contributed by atoms with van der Waals surface area (Å²) in [5, 5.41) is 0.536. The van der Waals surface area contributed by atoms with Gasteiger partial charge in [-0.2, -0.15) is 0 Å². The van der Waals surface area contributed by atoms with E-state index in [1.807, 2.05) is 16.7 Å². The van der Waals surface area contributed by atoms with Crippen molar-refractivity contribution in [1.29, 1.82) is 0 Å². The molecule has 0 amide bonds. The topological polar surface area (TPSA) is 56.7 Å². The maximum absolute atomic E-state index is 6.08. The Morgan fingerprint density at radius 1 is 1.40 bits per heavy atom. The molecule has 4 nitrogen and oxygen atoms in total. The maximum atomic E-state index is 6.08. The van der Waals surface area contributed by atoms with Crippen LogP contribution in [-0.2, 0) is 6.54 Å². The molecule has 0 aliphatic heterocycles. The van der Waals surface area contributed by atoms with E-state index in [2.05, 4.69) is 9.97 Å². The number of halogens is 1. The Balaban J connectivity index is 2.26. The third-order valence-corrected chi connectivity index (χ3v) is 2.94. The van der Waals surface area contributed by atoms with E-state index in [0.29, 0.717) is 17.9 Å². The highest BCUT2D eigenvalue weighted by Crippen LogP contribution is 2.39. The molecule has 0 aromatic carbocycles. The van der Waals surface area contributed by atoms with Gasteiger partial charge in [0.05, 0.1) is 5.69 Å². The molecule has 5 heteroatoms. The summed E-state index contributed by atoms with van der Waals surface area (Å²) < 4.78 is 2.01. The Morgan fingerprint density at radius 2 is 2.20 bits per heavy atom. The number of aromatic nitrogens is 3. The summed E-state index contributed by atoms with van der Waals surface area (Å²) in [6.07, 6.45) is 2.33. The zero-order valence-electron chi connectivity index (χ0n) is 8.15. The first-order valence-electron chi connectivity index (χ1n) is 5.03. The second-order valence-electron chi connectivity index (χ2n) is 3.83. The van der Waals surface area contributed by atoms with Crippen molar-refractivity contribution in [2.45, 2.75) is 25.4 Å². The molecule has 0 radical (unpaired) electrons. The molecule has 1 aliphatic rings. The predicted octanol–water partition coefficient (Wildman–Crippen LogP) is 1.88. The molecule has 2 aromatic rings. The molecule has 0 unspecified atom stereocenters. The summed E-state index contributed by atoms with van der Waals surface area (Å²) in [6.45, 7) is 0.448. The average Bonchev–Trinajstić information content (AvgIpc) is 3.00.